The molecule has 0 unspecified atom stereocenters. The van der Waals surface area contributed by atoms with Crippen molar-refractivity contribution in [1.82, 2.24) is 19.7 Å². The maximum Gasteiger partial charge on any atom is 0.191 e. The number of thioether (sulfide) groups is 1. The minimum atomic E-state index is -0.798. The molecule has 0 bridgehead atoms. The number of benzene rings is 2. The molecule has 5 rings (SSSR count). The summed E-state index contributed by atoms with van der Waals surface area (Å²) in [7, 11) is 0. The summed E-state index contributed by atoms with van der Waals surface area (Å²) >= 11 is 1.74. The van der Waals surface area contributed by atoms with Crippen molar-refractivity contribution in [3.63, 3.8) is 0 Å². The molecule has 8 heteroatoms. The van der Waals surface area contributed by atoms with E-state index >= 15 is 0 Å². The molecule has 1 aromatic heterocycles. The van der Waals surface area contributed by atoms with Crippen molar-refractivity contribution < 1.29 is 13.5 Å². The molecule has 0 N–H and O–H groups in total. The topological polar surface area (TPSA) is 43.2 Å². The first-order valence-electron chi connectivity index (χ1n) is 12.0. The predicted octanol–water partition coefficient (Wildman–Crippen LogP) is 5.26. The van der Waals surface area contributed by atoms with Crippen LogP contribution < -0.4 is 0 Å². The largest absolute Gasteiger partial charge is 0.377 e. The predicted molar refractivity (Wildman–Crippen MR) is 129 cm³/mol. The second-order valence-electron chi connectivity index (χ2n) is 9.16. The Morgan fingerprint density at radius 2 is 1.74 bits per heavy atom. The molecular formula is C26H30F2N4OS. The van der Waals surface area contributed by atoms with E-state index in [-0.39, 0.29) is 0 Å². The van der Waals surface area contributed by atoms with Crippen molar-refractivity contribution in [2.24, 2.45) is 0 Å². The number of nitrogens with zero attached hydrogens (tertiary/aromatic N) is 4. The molecule has 2 aliphatic rings. The lowest BCUT2D eigenvalue weighted by molar-refractivity contribution is 0.129. The van der Waals surface area contributed by atoms with Gasteiger partial charge in [-0.25, -0.2) is 8.78 Å². The molecule has 180 valence electrons. The van der Waals surface area contributed by atoms with Gasteiger partial charge in [-0.15, -0.1) is 10.2 Å². The van der Waals surface area contributed by atoms with Crippen LogP contribution in [0.3, 0.4) is 0 Å². The maximum absolute atomic E-state index is 13.6. The van der Waals surface area contributed by atoms with E-state index in [1.807, 2.05) is 6.07 Å². The highest BCUT2D eigenvalue weighted by atomic mass is 32.2. The number of halogens is 2. The van der Waals surface area contributed by atoms with Gasteiger partial charge in [0.1, 0.15) is 5.82 Å². The van der Waals surface area contributed by atoms with Gasteiger partial charge < -0.3 is 9.30 Å². The van der Waals surface area contributed by atoms with Gasteiger partial charge in [0.25, 0.3) is 0 Å². The number of piperidine rings is 1. The lowest BCUT2D eigenvalue weighted by Gasteiger charge is -2.31. The van der Waals surface area contributed by atoms with Crippen molar-refractivity contribution in [2.45, 2.75) is 56.0 Å². The Labute approximate surface area is 203 Å². The molecule has 2 fully saturated rings. The van der Waals surface area contributed by atoms with E-state index in [2.05, 4.69) is 43.9 Å². The van der Waals surface area contributed by atoms with Gasteiger partial charge >= 0.3 is 0 Å². The summed E-state index contributed by atoms with van der Waals surface area (Å²) in [6, 6.07) is 14.6. The van der Waals surface area contributed by atoms with Crippen molar-refractivity contribution >= 4 is 11.8 Å². The van der Waals surface area contributed by atoms with Crippen LogP contribution in [0.15, 0.2) is 53.7 Å². The fourth-order valence-corrected chi connectivity index (χ4v) is 5.82. The standard InChI is InChI=1S/C26H30F2N4OS/c27-23-9-8-20(15-24(23)28)16-31-12-10-21(11-13-31)25-29-30-26(34-18-22-7-4-14-33-22)32(25)17-19-5-2-1-3-6-19/h1-3,5-6,8-9,15,21-22H,4,7,10-14,16-18H2/t22-/m0/s1. The Balaban J connectivity index is 1.27. The quantitative estimate of drug-likeness (QED) is 0.408. The van der Waals surface area contributed by atoms with Gasteiger partial charge in [0.15, 0.2) is 16.8 Å². The first kappa shape index (κ1) is 23.5. The van der Waals surface area contributed by atoms with Crippen molar-refractivity contribution in [3.05, 3.63) is 77.1 Å². The zero-order chi connectivity index (χ0) is 23.3. The lowest BCUT2D eigenvalue weighted by Crippen LogP contribution is -2.33. The van der Waals surface area contributed by atoms with Gasteiger partial charge in [0.2, 0.25) is 0 Å². The van der Waals surface area contributed by atoms with Crippen LogP contribution in [0.2, 0.25) is 0 Å². The second-order valence-corrected chi connectivity index (χ2v) is 10.1. The third-order valence-corrected chi connectivity index (χ3v) is 7.79. The maximum atomic E-state index is 13.6. The van der Waals surface area contributed by atoms with Crippen molar-refractivity contribution in [1.29, 1.82) is 0 Å². The SMILES string of the molecule is Fc1ccc(CN2CCC(c3nnc(SC[C@@H]4CCCO4)n3Cc3ccccc3)CC2)cc1F. The minimum absolute atomic E-state index is 0.301. The summed E-state index contributed by atoms with van der Waals surface area (Å²) in [6.45, 7) is 4.02. The van der Waals surface area contributed by atoms with Crippen LogP contribution in [0.5, 0.6) is 0 Å². The average molecular weight is 485 g/mol. The van der Waals surface area contributed by atoms with Gasteiger partial charge in [-0.05, 0) is 62.0 Å². The molecular weight excluding hydrogens is 454 g/mol. The van der Waals surface area contributed by atoms with Crippen LogP contribution in [0, 0.1) is 11.6 Å². The molecule has 0 radical (unpaired) electrons. The van der Waals surface area contributed by atoms with Gasteiger partial charge in [-0.3, -0.25) is 4.90 Å². The molecule has 1 atom stereocenters. The first-order valence-corrected chi connectivity index (χ1v) is 13.0. The molecule has 0 saturated carbocycles. The zero-order valence-electron chi connectivity index (χ0n) is 19.2. The Kier molecular flexibility index (Phi) is 7.57. The van der Waals surface area contributed by atoms with Crippen LogP contribution in [0.4, 0.5) is 8.78 Å². The van der Waals surface area contributed by atoms with Crippen molar-refractivity contribution in [3.8, 4) is 0 Å². The van der Waals surface area contributed by atoms with Crippen LogP contribution >= 0.6 is 11.8 Å². The van der Waals surface area contributed by atoms with E-state index in [4.69, 9.17) is 4.74 Å². The summed E-state index contributed by atoms with van der Waals surface area (Å²) in [4.78, 5) is 2.30. The highest BCUT2D eigenvalue weighted by Crippen LogP contribution is 2.31. The third kappa shape index (κ3) is 5.67. The fourth-order valence-electron chi connectivity index (χ4n) is 4.81. The molecule has 2 aromatic carbocycles. The number of hydrogen-bond acceptors (Lipinski definition) is 5. The molecule has 0 amide bonds. The van der Waals surface area contributed by atoms with E-state index in [1.54, 1.807) is 17.8 Å². The average Bonchev–Trinajstić information content (AvgIpc) is 3.52. The van der Waals surface area contributed by atoms with Crippen LogP contribution in [0.25, 0.3) is 0 Å². The lowest BCUT2D eigenvalue weighted by atomic mass is 9.95. The highest BCUT2D eigenvalue weighted by Gasteiger charge is 2.27. The van der Waals surface area contributed by atoms with Crippen LogP contribution in [0.1, 0.15) is 48.6 Å². The summed E-state index contributed by atoms with van der Waals surface area (Å²) in [5, 5.41) is 10.2. The summed E-state index contributed by atoms with van der Waals surface area (Å²) < 4.78 is 34.9. The van der Waals surface area contributed by atoms with Crippen molar-refractivity contribution in [2.75, 3.05) is 25.4 Å². The number of ether oxygens (including phenoxy) is 1. The summed E-state index contributed by atoms with van der Waals surface area (Å²) in [6.07, 6.45) is 4.48. The molecule has 2 aliphatic heterocycles. The van der Waals surface area contributed by atoms with E-state index in [0.29, 0.717) is 18.6 Å². The normalized spacial score (nSPS) is 19.6. The molecule has 3 aromatic rings. The van der Waals surface area contributed by atoms with Gasteiger partial charge in [-0.1, -0.05) is 48.2 Å². The molecule has 3 heterocycles. The Hall–Kier alpha value is -2.29. The fraction of sp³-hybridized carbons (Fsp3) is 0.462. The van der Waals surface area contributed by atoms with Gasteiger partial charge in [-0.2, -0.15) is 0 Å². The third-order valence-electron chi connectivity index (χ3n) is 6.69. The van der Waals surface area contributed by atoms with E-state index in [9.17, 15) is 8.78 Å². The number of hydrogen-bond donors (Lipinski definition) is 0. The van der Waals surface area contributed by atoms with Gasteiger partial charge in [0.05, 0.1) is 12.6 Å². The smallest absolute Gasteiger partial charge is 0.191 e. The number of aromatic nitrogens is 3. The Morgan fingerprint density at radius 1 is 0.912 bits per heavy atom. The monoisotopic (exact) mass is 484 g/mol. The molecule has 5 nitrogen and oxygen atoms in total. The number of likely N-dealkylation sites (tertiary alicyclic amines) is 1. The Bertz CT molecular complexity index is 1080. The minimum Gasteiger partial charge on any atom is -0.377 e. The summed E-state index contributed by atoms with van der Waals surface area (Å²) in [5.41, 5.74) is 2.04. The highest BCUT2D eigenvalue weighted by molar-refractivity contribution is 7.99. The van der Waals surface area contributed by atoms with Crippen LogP contribution in [-0.4, -0.2) is 51.2 Å². The zero-order valence-corrected chi connectivity index (χ0v) is 20.0. The second kappa shape index (κ2) is 11.0. The van der Waals surface area contributed by atoms with E-state index in [0.717, 1.165) is 74.2 Å². The molecule has 0 aliphatic carbocycles. The molecule has 0 spiro atoms. The number of rotatable bonds is 8. The Morgan fingerprint density at radius 3 is 2.47 bits per heavy atom. The van der Waals surface area contributed by atoms with E-state index < -0.39 is 11.6 Å². The molecule has 34 heavy (non-hydrogen) atoms. The molecule has 2 saturated heterocycles. The first-order chi connectivity index (χ1) is 16.7. The van der Waals surface area contributed by atoms with Gasteiger partial charge in [0, 0.05) is 24.8 Å². The summed E-state index contributed by atoms with van der Waals surface area (Å²) in [5.74, 6) is 0.697. The van der Waals surface area contributed by atoms with E-state index in [1.165, 1.54) is 17.7 Å². The van der Waals surface area contributed by atoms with Crippen LogP contribution in [-0.2, 0) is 17.8 Å².